The van der Waals surface area contributed by atoms with Gasteiger partial charge in [0.1, 0.15) is 17.3 Å². The van der Waals surface area contributed by atoms with E-state index < -0.39 is 0 Å². The summed E-state index contributed by atoms with van der Waals surface area (Å²) in [5.41, 5.74) is 4.80. The van der Waals surface area contributed by atoms with Gasteiger partial charge in [0.25, 0.3) is 5.91 Å². The van der Waals surface area contributed by atoms with Crippen LogP contribution < -0.4 is 9.64 Å². The largest absolute Gasteiger partial charge is 0.496 e. The number of H-pyrrole nitrogens is 1. The molecule has 0 radical (unpaired) electrons. The number of hydrogen-bond acceptors (Lipinski definition) is 4. The molecular formula is C26H27N5O2. The lowest BCUT2D eigenvalue weighted by Gasteiger charge is -2.29. The quantitative estimate of drug-likeness (QED) is 0.490. The SMILES string of the molecule is COc1ccccc1C1c2c(C(C)(C)C)n[nH]c2C(=O)N1c1ccc(-c2nccn2C)cc1. The number of rotatable bonds is 4. The number of anilines is 1. The molecule has 168 valence electrons. The molecule has 0 saturated carbocycles. The molecule has 5 rings (SSSR count). The van der Waals surface area contributed by atoms with Crippen molar-refractivity contribution >= 4 is 11.6 Å². The van der Waals surface area contributed by atoms with Crippen molar-refractivity contribution in [1.29, 1.82) is 0 Å². The van der Waals surface area contributed by atoms with E-state index in [0.29, 0.717) is 5.69 Å². The Hall–Kier alpha value is -3.87. The highest BCUT2D eigenvalue weighted by Gasteiger charge is 2.45. The Morgan fingerprint density at radius 1 is 1.06 bits per heavy atom. The van der Waals surface area contributed by atoms with Crippen molar-refractivity contribution in [3.8, 4) is 17.1 Å². The summed E-state index contributed by atoms with van der Waals surface area (Å²) < 4.78 is 7.67. The molecule has 1 atom stereocenters. The lowest BCUT2D eigenvalue weighted by molar-refractivity contribution is 0.0988. The van der Waals surface area contributed by atoms with Gasteiger partial charge in [-0.1, -0.05) is 39.0 Å². The first-order valence-electron chi connectivity index (χ1n) is 10.9. The van der Waals surface area contributed by atoms with Crippen LogP contribution in [0.2, 0.25) is 0 Å². The van der Waals surface area contributed by atoms with Crippen molar-refractivity contribution < 1.29 is 9.53 Å². The molecule has 1 aliphatic heterocycles. The van der Waals surface area contributed by atoms with Crippen LogP contribution in [-0.4, -0.2) is 32.8 Å². The highest BCUT2D eigenvalue weighted by Crippen LogP contribution is 2.47. The fourth-order valence-corrected chi connectivity index (χ4v) is 4.59. The van der Waals surface area contributed by atoms with Gasteiger partial charge in [-0.15, -0.1) is 0 Å². The van der Waals surface area contributed by atoms with Crippen molar-refractivity contribution in [1.82, 2.24) is 19.7 Å². The molecule has 0 saturated heterocycles. The molecule has 1 aliphatic rings. The normalized spacial score (nSPS) is 15.7. The Morgan fingerprint density at radius 3 is 2.42 bits per heavy atom. The molecule has 2 aromatic carbocycles. The van der Waals surface area contributed by atoms with Crippen LogP contribution in [0.25, 0.3) is 11.4 Å². The first-order valence-corrected chi connectivity index (χ1v) is 10.9. The minimum Gasteiger partial charge on any atom is -0.496 e. The average molecular weight is 442 g/mol. The summed E-state index contributed by atoms with van der Waals surface area (Å²) in [6, 6.07) is 15.4. The van der Waals surface area contributed by atoms with Gasteiger partial charge in [0, 0.05) is 47.2 Å². The maximum atomic E-state index is 13.7. The summed E-state index contributed by atoms with van der Waals surface area (Å²) in [6.45, 7) is 6.33. The number of nitrogens with zero attached hydrogens (tertiary/aromatic N) is 4. The zero-order valence-electron chi connectivity index (χ0n) is 19.5. The van der Waals surface area contributed by atoms with Crippen LogP contribution in [0.3, 0.4) is 0 Å². The van der Waals surface area contributed by atoms with Gasteiger partial charge < -0.3 is 9.30 Å². The monoisotopic (exact) mass is 441 g/mol. The molecule has 7 heteroatoms. The fraction of sp³-hybridized carbons (Fsp3) is 0.269. The second kappa shape index (κ2) is 7.62. The van der Waals surface area contributed by atoms with E-state index in [1.807, 2.05) is 71.2 Å². The number of fused-ring (bicyclic) bond motifs is 1. The maximum Gasteiger partial charge on any atom is 0.277 e. The number of nitrogens with one attached hydrogen (secondary N) is 1. The Morgan fingerprint density at radius 2 is 1.79 bits per heavy atom. The van der Waals surface area contributed by atoms with Crippen LogP contribution in [0.1, 0.15) is 54.1 Å². The van der Waals surface area contributed by atoms with Gasteiger partial charge >= 0.3 is 0 Å². The molecule has 0 bridgehead atoms. The lowest BCUT2D eigenvalue weighted by Crippen LogP contribution is -2.30. The zero-order chi connectivity index (χ0) is 23.3. The lowest BCUT2D eigenvalue weighted by atomic mass is 9.85. The molecule has 0 fully saturated rings. The van der Waals surface area contributed by atoms with Gasteiger partial charge in [-0.05, 0) is 30.3 Å². The summed E-state index contributed by atoms with van der Waals surface area (Å²) in [4.78, 5) is 19.9. The fourth-order valence-electron chi connectivity index (χ4n) is 4.59. The Labute approximate surface area is 193 Å². The highest BCUT2D eigenvalue weighted by molar-refractivity contribution is 6.11. The van der Waals surface area contributed by atoms with E-state index in [-0.39, 0.29) is 17.4 Å². The van der Waals surface area contributed by atoms with Gasteiger partial charge in [-0.2, -0.15) is 5.10 Å². The number of benzene rings is 2. The number of carbonyl (C=O) groups excluding carboxylic acids is 1. The number of methoxy groups -OCH3 is 1. The number of imidazole rings is 1. The smallest absolute Gasteiger partial charge is 0.277 e. The molecule has 3 heterocycles. The van der Waals surface area contributed by atoms with E-state index in [1.165, 1.54) is 0 Å². The average Bonchev–Trinajstić information content (AvgIpc) is 3.49. The number of aromatic amines is 1. The summed E-state index contributed by atoms with van der Waals surface area (Å²) in [5, 5.41) is 7.58. The first-order chi connectivity index (χ1) is 15.8. The van der Waals surface area contributed by atoms with E-state index in [0.717, 1.165) is 39.6 Å². The molecule has 1 N–H and O–H groups in total. The molecular weight excluding hydrogens is 414 g/mol. The third-order valence-electron chi connectivity index (χ3n) is 6.14. The van der Waals surface area contributed by atoms with Gasteiger partial charge in [0.15, 0.2) is 0 Å². The van der Waals surface area contributed by atoms with Crippen molar-refractivity contribution in [3.63, 3.8) is 0 Å². The predicted octanol–water partition coefficient (Wildman–Crippen LogP) is 4.87. The van der Waals surface area contributed by atoms with Gasteiger partial charge in [-0.25, -0.2) is 4.98 Å². The van der Waals surface area contributed by atoms with Crippen LogP contribution >= 0.6 is 0 Å². The molecule has 7 nitrogen and oxygen atoms in total. The summed E-state index contributed by atoms with van der Waals surface area (Å²) in [7, 11) is 3.62. The van der Waals surface area contributed by atoms with Crippen LogP contribution in [0.5, 0.6) is 5.75 Å². The third kappa shape index (κ3) is 3.31. The molecule has 33 heavy (non-hydrogen) atoms. The molecule has 0 aliphatic carbocycles. The molecule has 1 unspecified atom stereocenters. The number of para-hydroxylation sites is 1. The van der Waals surface area contributed by atoms with E-state index in [1.54, 1.807) is 13.3 Å². The van der Waals surface area contributed by atoms with Crippen molar-refractivity contribution in [3.05, 3.63) is 83.4 Å². The predicted molar refractivity (Wildman–Crippen MR) is 128 cm³/mol. The molecule has 2 aromatic heterocycles. The van der Waals surface area contributed by atoms with Gasteiger partial charge in [0.05, 0.1) is 18.8 Å². The van der Waals surface area contributed by atoms with Crippen LogP contribution in [0.4, 0.5) is 5.69 Å². The molecule has 0 spiro atoms. The Kier molecular flexibility index (Phi) is 4.85. The summed E-state index contributed by atoms with van der Waals surface area (Å²) in [6.07, 6.45) is 3.69. The minimum atomic E-state index is -0.351. The van der Waals surface area contributed by atoms with Gasteiger partial charge in [0.2, 0.25) is 0 Å². The number of aryl methyl sites for hydroxylation is 1. The van der Waals surface area contributed by atoms with Gasteiger partial charge in [-0.3, -0.25) is 14.8 Å². The summed E-state index contributed by atoms with van der Waals surface area (Å²) >= 11 is 0. The van der Waals surface area contributed by atoms with E-state index in [9.17, 15) is 4.79 Å². The van der Waals surface area contributed by atoms with E-state index >= 15 is 0 Å². The van der Waals surface area contributed by atoms with Crippen LogP contribution in [0, 0.1) is 0 Å². The highest BCUT2D eigenvalue weighted by atomic mass is 16.5. The molecule has 1 amide bonds. The first kappa shape index (κ1) is 21.0. The standard InChI is InChI=1S/C26H27N5O2/c1-26(2,3)23-20-21(28-29-23)25(32)31(22(20)18-8-6-7-9-19(18)33-5)17-12-10-16(11-13-17)24-27-14-15-30(24)4/h6-15,22H,1-5H3,(H,28,29). The number of amides is 1. The summed E-state index contributed by atoms with van der Waals surface area (Å²) in [5.74, 6) is 1.51. The Balaban J connectivity index is 1.67. The van der Waals surface area contributed by atoms with E-state index in [2.05, 4.69) is 36.0 Å². The van der Waals surface area contributed by atoms with Crippen LogP contribution in [0.15, 0.2) is 60.9 Å². The van der Waals surface area contributed by atoms with Crippen molar-refractivity contribution in [2.24, 2.45) is 7.05 Å². The molecule has 4 aromatic rings. The topological polar surface area (TPSA) is 76.0 Å². The Bertz CT molecular complexity index is 1330. The van der Waals surface area contributed by atoms with E-state index in [4.69, 9.17) is 4.74 Å². The minimum absolute atomic E-state index is 0.103. The zero-order valence-corrected chi connectivity index (χ0v) is 19.5. The maximum absolute atomic E-state index is 13.7. The third-order valence-corrected chi connectivity index (χ3v) is 6.14. The van der Waals surface area contributed by atoms with Crippen LogP contribution in [-0.2, 0) is 12.5 Å². The number of hydrogen-bond donors (Lipinski definition) is 1. The number of carbonyl (C=O) groups is 1. The number of aromatic nitrogens is 4. The second-order valence-corrected chi connectivity index (χ2v) is 9.34. The number of ether oxygens (including phenoxy) is 1. The van der Waals surface area contributed by atoms with Crippen molar-refractivity contribution in [2.75, 3.05) is 12.0 Å². The van der Waals surface area contributed by atoms with Crippen molar-refractivity contribution in [2.45, 2.75) is 32.2 Å². The second-order valence-electron chi connectivity index (χ2n) is 9.34.